The molecule has 1 aliphatic heterocycles. The molecule has 0 aromatic carbocycles. The van der Waals surface area contributed by atoms with Crippen LogP contribution < -0.4 is 10.6 Å². The van der Waals surface area contributed by atoms with E-state index in [4.69, 9.17) is 9.73 Å². The zero-order valence-corrected chi connectivity index (χ0v) is 20.4. The summed E-state index contributed by atoms with van der Waals surface area (Å²) in [7, 11) is 1.77. The number of likely N-dealkylation sites (tertiary alicyclic amines) is 1. The van der Waals surface area contributed by atoms with Crippen molar-refractivity contribution in [1.29, 1.82) is 0 Å². The van der Waals surface area contributed by atoms with Gasteiger partial charge in [-0.3, -0.25) is 4.99 Å². The van der Waals surface area contributed by atoms with Crippen LogP contribution in [0.15, 0.2) is 4.99 Å². The molecule has 1 saturated heterocycles. The van der Waals surface area contributed by atoms with Crippen LogP contribution in [-0.4, -0.2) is 68.8 Å². The summed E-state index contributed by atoms with van der Waals surface area (Å²) >= 11 is 1.80. The Labute approximate surface area is 185 Å². The number of ether oxygens (including phenoxy) is 1. The molecule has 1 aromatic heterocycles. The molecule has 1 aliphatic rings. The van der Waals surface area contributed by atoms with Gasteiger partial charge in [0.05, 0.1) is 17.3 Å². The molecule has 2 heterocycles. The van der Waals surface area contributed by atoms with Gasteiger partial charge >= 0.3 is 0 Å². The highest BCUT2D eigenvalue weighted by Crippen LogP contribution is 2.17. The molecule has 0 atom stereocenters. The number of methoxy groups -OCH3 is 1. The molecule has 2 rings (SSSR count). The normalized spacial score (nSPS) is 16.2. The zero-order valence-electron chi connectivity index (χ0n) is 17.2. The van der Waals surface area contributed by atoms with Gasteiger partial charge in [-0.05, 0) is 52.6 Å². The van der Waals surface area contributed by atoms with E-state index in [1.165, 1.54) is 22.7 Å². The van der Waals surface area contributed by atoms with Crippen LogP contribution in [0.25, 0.3) is 0 Å². The van der Waals surface area contributed by atoms with Crippen molar-refractivity contribution in [2.24, 2.45) is 10.9 Å². The second-order valence-electron chi connectivity index (χ2n) is 6.92. The van der Waals surface area contributed by atoms with Gasteiger partial charge in [0.1, 0.15) is 0 Å². The van der Waals surface area contributed by atoms with E-state index in [1.807, 2.05) is 0 Å². The predicted octanol–water partition coefficient (Wildman–Crippen LogP) is 2.83. The molecule has 0 saturated carbocycles. The standard InChI is InChI=1S/C19H35N5OS.HI/c1-5-20-19(21-9-6-18-23-15(2)16(3)26-18)22-14-17-7-10-24(11-8-17)12-13-25-4;/h17H,5-14H2,1-4H3,(H2,20,21,22);1H. The topological polar surface area (TPSA) is 61.8 Å². The Kier molecular flexibility index (Phi) is 12.5. The van der Waals surface area contributed by atoms with Gasteiger partial charge in [0.25, 0.3) is 0 Å². The molecule has 1 aromatic rings. The molecule has 2 N–H and O–H groups in total. The fraction of sp³-hybridized carbons (Fsp3) is 0.789. The van der Waals surface area contributed by atoms with E-state index in [2.05, 4.69) is 41.3 Å². The molecule has 0 unspecified atom stereocenters. The third-order valence-electron chi connectivity index (χ3n) is 4.87. The largest absolute Gasteiger partial charge is 0.383 e. The Morgan fingerprint density at radius 2 is 2.04 bits per heavy atom. The molecule has 0 spiro atoms. The number of aromatic nitrogens is 1. The Morgan fingerprint density at radius 1 is 1.30 bits per heavy atom. The Morgan fingerprint density at radius 3 is 2.63 bits per heavy atom. The van der Waals surface area contributed by atoms with E-state index in [0.29, 0.717) is 5.92 Å². The van der Waals surface area contributed by atoms with Crippen LogP contribution in [-0.2, 0) is 11.2 Å². The summed E-state index contributed by atoms with van der Waals surface area (Å²) in [5.74, 6) is 1.62. The summed E-state index contributed by atoms with van der Waals surface area (Å²) < 4.78 is 5.17. The molecule has 8 heteroatoms. The molecule has 1 fully saturated rings. The molecule has 0 bridgehead atoms. The van der Waals surface area contributed by atoms with Crippen molar-refractivity contribution < 1.29 is 4.74 Å². The number of guanidine groups is 1. The first-order valence-corrected chi connectivity index (χ1v) is 10.6. The Bertz CT molecular complexity index is 539. The highest BCUT2D eigenvalue weighted by Gasteiger charge is 2.18. The average molecular weight is 510 g/mol. The van der Waals surface area contributed by atoms with E-state index < -0.39 is 0 Å². The lowest BCUT2D eigenvalue weighted by atomic mass is 9.97. The van der Waals surface area contributed by atoms with Crippen molar-refractivity contribution in [2.75, 3.05) is 53.0 Å². The zero-order chi connectivity index (χ0) is 18.8. The highest BCUT2D eigenvalue weighted by atomic mass is 127. The number of aliphatic imine (C=N–C) groups is 1. The summed E-state index contributed by atoms with van der Waals surface area (Å²) in [5, 5.41) is 8.01. The number of piperidine rings is 1. The molecule has 6 nitrogen and oxygen atoms in total. The minimum atomic E-state index is 0. The molecule has 156 valence electrons. The third kappa shape index (κ3) is 9.06. The summed E-state index contributed by atoms with van der Waals surface area (Å²) in [6.07, 6.45) is 3.40. The number of nitrogens with zero attached hydrogens (tertiary/aromatic N) is 3. The molecule has 0 aliphatic carbocycles. The molecule has 0 amide bonds. The number of aryl methyl sites for hydroxylation is 2. The monoisotopic (exact) mass is 509 g/mol. The van der Waals surface area contributed by atoms with E-state index in [-0.39, 0.29) is 24.0 Å². The van der Waals surface area contributed by atoms with Crippen molar-refractivity contribution in [1.82, 2.24) is 20.5 Å². The minimum absolute atomic E-state index is 0. The summed E-state index contributed by atoms with van der Waals surface area (Å²) in [5.41, 5.74) is 1.16. The van der Waals surface area contributed by atoms with Gasteiger partial charge in [0, 0.05) is 44.6 Å². The maximum Gasteiger partial charge on any atom is 0.191 e. The first-order valence-electron chi connectivity index (χ1n) is 9.78. The van der Waals surface area contributed by atoms with Gasteiger partial charge in [-0.25, -0.2) is 4.98 Å². The first-order chi connectivity index (χ1) is 12.6. The SMILES string of the molecule is CCNC(=NCC1CCN(CCOC)CC1)NCCc1nc(C)c(C)s1.I. The lowest BCUT2D eigenvalue weighted by Crippen LogP contribution is -2.40. The maximum absolute atomic E-state index is 5.17. The number of hydrogen-bond donors (Lipinski definition) is 2. The number of rotatable bonds is 9. The van der Waals surface area contributed by atoms with Gasteiger partial charge in [0.15, 0.2) is 5.96 Å². The van der Waals surface area contributed by atoms with E-state index in [9.17, 15) is 0 Å². The number of hydrogen-bond acceptors (Lipinski definition) is 5. The van der Waals surface area contributed by atoms with Crippen molar-refractivity contribution in [2.45, 2.75) is 40.0 Å². The first kappa shape index (κ1) is 24.6. The number of halogens is 1. The molecule has 27 heavy (non-hydrogen) atoms. The van der Waals surface area contributed by atoms with Crippen LogP contribution in [0.5, 0.6) is 0 Å². The van der Waals surface area contributed by atoms with Crippen LogP contribution in [0, 0.1) is 19.8 Å². The third-order valence-corrected chi connectivity index (χ3v) is 6.01. The predicted molar refractivity (Wildman–Crippen MR) is 126 cm³/mol. The quantitative estimate of drug-likeness (QED) is 0.305. The van der Waals surface area contributed by atoms with Crippen LogP contribution in [0.1, 0.15) is 35.3 Å². The van der Waals surface area contributed by atoms with Crippen LogP contribution >= 0.6 is 35.3 Å². The summed E-state index contributed by atoms with van der Waals surface area (Å²) in [6.45, 7) is 13.2. The Hall–Kier alpha value is -0.450. The summed E-state index contributed by atoms with van der Waals surface area (Å²) in [4.78, 5) is 13.2. The summed E-state index contributed by atoms with van der Waals surface area (Å²) in [6, 6.07) is 0. The van der Waals surface area contributed by atoms with E-state index in [1.54, 1.807) is 18.4 Å². The minimum Gasteiger partial charge on any atom is -0.383 e. The maximum atomic E-state index is 5.17. The second-order valence-corrected chi connectivity index (χ2v) is 8.21. The molecular weight excluding hydrogens is 473 g/mol. The average Bonchev–Trinajstić information content (AvgIpc) is 2.96. The van der Waals surface area contributed by atoms with Gasteiger partial charge in [-0.2, -0.15) is 0 Å². The lowest BCUT2D eigenvalue weighted by molar-refractivity contribution is 0.121. The van der Waals surface area contributed by atoms with Gasteiger partial charge in [-0.15, -0.1) is 35.3 Å². The highest BCUT2D eigenvalue weighted by molar-refractivity contribution is 14.0. The molecular formula is C19H36IN5OS. The fourth-order valence-electron chi connectivity index (χ4n) is 3.11. The smallest absolute Gasteiger partial charge is 0.191 e. The number of nitrogens with one attached hydrogen (secondary N) is 2. The van der Waals surface area contributed by atoms with Crippen LogP contribution in [0.4, 0.5) is 0 Å². The molecule has 0 radical (unpaired) electrons. The van der Waals surface area contributed by atoms with Crippen LogP contribution in [0.2, 0.25) is 0 Å². The Balaban J connectivity index is 0.00000364. The van der Waals surface area contributed by atoms with Gasteiger partial charge in [-0.1, -0.05) is 0 Å². The van der Waals surface area contributed by atoms with Gasteiger partial charge < -0.3 is 20.3 Å². The lowest BCUT2D eigenvalue weighted by Gasteiger charge is -2.31. The van der Waals surface area contributed by atoms with Crippen molar-refractivity contribution >= 4 is 41.3 Å². The van der Waals surface area contributed by atoms with E-state index >= 15 is 0 Å². The van der Waals surface area contributed by atoms with Crippen molar-refractivity contribution in [3.63, 3.8) is 0 Å². The van der Waals surface area contributed by atoms with Crippen molar-refractivity contribution in [3.8, 4) is 0 Å². The van der Waals surface area contributed by atoms with Crippen LogP contribution in [0.3, 0.4) is 0 Å². The van der Waals surface area contributed by atoms with Crippen molar-refractivity contribution in [3.05, 3.63) is 15.6 Å². The second kappa shape index (κ2) is 13.7. The fourth-order valence-corrected chi connectivity index (χ4v) is 4.04. The van der Waals surface area contributed by atoms with Gasteiger partial charge in [0.2, 0.25) is 0 Å². The van der Waals surface area contributed by atoms with E-state index in [0.717, 1.165) is 63.9 Å². The number of thiazole rings is 1.